The highest BCUT2D eigenvalue weighted by Crippen LogP contribution is 2.30. The summed E-state index contributed by atoms with van der Waals surface area (Å²) in [5.74, 6) is 0.588. The fourth-order valence-electron chi connectivity index (χ4n) is 1.52. The molecule has 0 bridgehead atoms. The Labute approximate surface area is 86.5 Å². The molecule has 2 N–H and O–H groups in total. The van der Waals surface area contributed by atoms with Crippen LogP contribution in [0.4, 0.5) is 0 Å². The molecule has 1 saturated carbocycles. The van der Waals surface area contributed by atoms with Crippen LogP contribution in [0.5, 0.6) is 0 Å². The van der Waals surface area contributed by atoms with Crippen LogP contribution in [0.2, 0.25) is 0 Å². The number of nitrogens with zero attached hydrogens (tertiary/aromatic N) is 1. The average molecular weight is 220 g/mol. The fourth-order valence-corrected chi connectivity index (χ4v) is 3.11. The standard InChI is InChI=1S/C9H20N2O2S/c1-3-9(6-10)14(12,13)11(2)7-8-4-5-8/h8-9H,3-7,10H2,1-2H3. The predicted molar refractivity (Wildman–Crippen MR) is 57.4 cm³/mol. The summed E-state index contributed by atoms with van der Waals surface area (Å²) in [7, 11) is -1.49. The maximum absolute atomic E-state index is 11.9. The minimum Gasteiger partial charge on any atom is -0.329 e. The molecule has 5 heteroatoms. The van der Waals surface area contributed by atoms with Gasteiger partial charge in [-0.2, -0.15) is 0 Å². The van der Waals surface area contributed by atoms with Gasteiger partial charge in [-0.05, 0) is 25.2 Å². The molecule has 0 radical (unpaired) electrons. The Hall–Kier alpha value is -0.130. The van der Waals surface area contributed by atoms with Crippen molar-refractivity contribution < 1.29 is 8.42 Å². The molecular formula is C9H20N2O2S. The summed E-state index contributed by atoms with van der Waals surface area (Å²) in [5.41, 5.74) is 5.45. The smallest absolute Gasteiger partial charge is 0.217 e. The van der Waals surface area contributed by atoms with Crippen LogP contribution in [-0.2, 0) is 10.0 Å². The van der Waals surface area contributed by atoms with E-state index in [1.807, 2.05) is 6.92 Å². The molecule has 1 unspecified atom stereocenters. The number of hydrogen-bond acceptors (Lipinski definition) is 3. The molecule has 1 aliphatic rings. The molecule has 0 heterocycles. The second kappa shape index (κ2) is 4.59. The van der Waals surface area contributed by atoms with E-state index in [0.717, 1.165) is 0 Å². The van der Waals surface area contributed by atoms with Gasteiger partial charge < -0.3 is 5.73 Å². The molecule has 84 valence electrons. The van der Waals surface area contributed by atoms with Crippen LogP contribution in [0.1, 0.15) is 26.2 Å². The second-order valence-electron chi connectivity index (χ2n) is 4.03. The molecule has 1 aliphatic carbocycles. The van der Waals surface area contributed by atoms with Crippen LogP contribution >= 0.6 is 0 Å². The Morgan fingerprint density at radius 1 is 1.50 bits per heavy atom. The molecule has 4 nitrogen and oxygen atoms in total. The van der Waals surface area contributed by atoms with Crippen molar-refractivity contribution in [3.05, 3.63) is 0 Å². The third-order valence-corrected chi connectivity index (χ3v) is 5.17. The van der Waals surface area contributed by atoms with Crippen LogP contribution in [0.15, 0.2) is 0 Å². The van der Waals surface area contributed by atoms with Crippen molar-refractivity contribution in [2.45, 2.75) is 31.4 Å². The highest BCUT2D eigenvalue weighted by Gasteiger charge is 2.31. The van der Waals surface area contributed by atoms with E-state index in [-0.39, 0.29) is 6.54 Å². The first-order chi connectivity index (χ1) is 6.52. The zero-order chi connectivity index (χ0) is 10.8. The van der Waals surface area contributed by atoms with Crippen LogP contribution in [-0.4, -0.2) is 38.1 Å². The van der Waals surface area contributed by atoms with Gasteiger partial charge in [-0.1, -0.05) is 6.92 Å². The Morgan fingerprint density at radius 3 is 2.43 bits per heavy atom. The fraction of sp³-hybridized carbons (Fsp3) is 1.00. The Morgan fingerprint density at radius 2 is 2.07 bits per heavy atom. The molecule has 0 amide bonds. The van der Waals surface area contributed by atoms with E-state index < -0.39 is 15.3 Å². The maximum atomic E-state index is 11.9. The summed E-state index contributed by atoms with van der Waals surface area (Å²) in [6.07, 6.45) is 2.92. The van der Waals surface area contributed by atoms with E-state index in [9.17, 15) is 8.42 Å². The molecule has 1 atom stereocenters. The first-order valence-corrected chi connectivity index (χ1v) is 6.67. The molecular weight excluding hydrogens is 200 g/mol. The van der Waals surface area contributed by atoms with Gasteiger partial charge in [-0.3, -0.25) is 0 Å². The summed E-state index contributed by atoms with van der Waals surface area (Å²) >= 11 is 0. The van der Waals surface area contributed by atoms with Crippen LogP contribution in [0, 0.1) is 5.92 Å². The van der Waals surface area contributed by atoms with Gasteiger partial charge in [0.05, 0.1) is 5.25 Å². The summed E-state index contributed by atoms with van der Waals surface area (Å²) in [6.45, 7) is 2.74. The van der Waals surface area contributed by atoms with Crippen LogP contribution in [0.25, 0.3) is 0 Å². The highest BCUT2D eigenvalue weighted by atomic mass is 32.2. The molecule has 0 saturated heterocycles. The SMILES string of the molecule is CCC(CN)S(=O)(=O)N(C)CC1CC1. The third-order valence-electron chi connectivity index (χ3n) is 2.79. The normalized spacial score (nSPS) is 20.0. The molecule has 1 rings (SSSR count). The summed E-state index contributed by atoms with van der Waals surface area (Å²) < 4.78 is 25.3. The van der Waals surface area contributed by atoms with Gasteiger partial charge in [0.25, 0.3) is 0 Å². The van der Waals surface area contributed by atoms with Crippen molar-refractivity contribution in [3.8, 4) is 0 Å². The minimum absolute atomic E-state index is 0.216. The molecule has 0 aromatic heterocycles. The average Bonchev–Trinajstić information content (AvgIpc) is 2.89. The quantitative estimate of drug-likeness (QED) is 0.704. The lowest BCUT2D eigenvalue weighted by molar-refractivity contribution is 0.441. The molecule has 1 fully saturated rings. The van der Waals surface area contributed by atoms with Gasteiger partial charge in [0.1, 0.15) is 0 Å². The van der Waals surface area contributed by atoms with Crippen molar-refractivity contribution in [1.82, 2.24) is 4.31 Å². The van der Waals surface area contributed by atoms with Crippen molar-refractivity contribution in [2.75, 3.05) is 20.1 Å². The maximum Gasteiger partial charge on any atom is 0.217 e. The van der Waals surface area contributed by atoms with E-state index in [0.29, 0.717) is 18.9 Å². The second-order valence-corrected chi connectivity index (χ2v) is 6.35. The Kier molecular flexibility index (Phi) is 3.92. The number of hydrogen-bond donors (Lipinski definition) is 1. The predicted octanol–water partition coefficient (Wildman–Crippen LogP) is 0.395. The molecule has 14 heavy (non-hydrogen) atoms. The zero-order valence-corrected chi connectivity index (χ0v) is 9.76. The zero-order valence-electron chi connectivity index (χ0n) is 8.94. The lowest BCUT2D eigenvalue weighted by Crippen LogP contribution is -2.40. The number of rotatable bonds is 6. The summed E-state index contributed by atoms with van der Waals surface area (Å²) in [4.78, 5) is 0. The first-order valence-electron chi connectivity index (χ1n) is 5.17. The summed E-state index contributed by atoms with van der Waals surface area (Å²) in [5, 5.41) is -0.411. The van der Waals surface area contributed by atoms with Crippen molar-refractivity contribution in [2.24, 2.45) is 11.7 Å². The topological polar surface area (TPSA) is 63.4 Å². The minimum atomic E-state index is -3.15. The van der Waals surface area contributed by atoms with E-state index in [1.165, 1.54) is 17.1 Å². The monoisotopic (exact) mass is 220 g/mol. The highest BCUT2D eigenvalue weighted by molar-refractivity contribution is 7.89. The van der Waals surface area contributed by atoms with Gasteiger partial charge in [-0.15, -0.1) is 0 Å². The van der Waals surface area contributed by atoms with Crippen LogP contribution < -0.4 is 5.73 Å². The van der Waals surface area contributed by atoms with Crippen molar-refractivity contribution >= 4 is 10.0 Å². The van der Waals surface area contributed by atoms with Gasteiger partial charge in [-0.25, -0.2) is 12.7 Å². The van der Waals surface area contributed by atoms with Gasteiger partial charge in [0.15, 0.2) is 0 Å². The third kappa shape index (κ3) is 2.68. The van der Waals surface area contributed by atoms with Gasteiger partial charge in [0, 0.05) is 20.1 Å². The van der Waals surface area contributed by atoms with Crippen molar-refractivity contribution in [3.63, 3.8) is 0 Å². The Bertz CT molecular complexity index is 269. The van der Waals surface area contributed by atoms with Gasteiger partial charge >= 0.3 is 0 Å². The molecule has 0 spiro atoms. The lowest BCUT2D eigenvalue weighted by Gasteiger charge is -2.22. The van der Waals surface area contributed by atoms with Crippen LogP contribution in [0.3, 0.4) is 0 Å². The van der Waals surface area contributed by atoms with Crippen molar-refractivity contribution in [1.29, 1.82) is 0 Å². The molecule has 0 aromatic carbocycles. The first kappa shape index (κ1) is 11.9. The summed E-state index contributed by atoms with van der Waals surface area (Å²) in [6, 6.07) is 0. The lowest BCUT2D eigenvalue weighted by atomic mass is 10.3. The van der Waals surface area contributed by atoms with E-state index >= 15 is 0 Å². The number of sulfonamides is 1. The van der Waals surface area contributed by atoms with E-state index in [4.69, 9.17) is 5.73 Å². The van der Waals surface area contributed by atoms with E-state index in [2.05, 4.69) is 0 Å². The molecule has 0 aliphatic heterocycles. The molecule has 0 aromatic rings. The Balaban J connectivity index is 2.60. The number of nitrogens with two attached hydrogens (primary N) is 1. The largest absolute Gasteiger partial charge is 0.329 e. The van der Waals surface area contributed by atoms with E-state index in [1.54, 1.807) is 7.05 Å². The van der Waals surface area contributed by atoms with Gasteiger partial charge in [0.2, 0.25) is 10.0 Å².